The van der Waals surface area contributed by atoms with Gasteiger partial charge in [0.15, 0.2) is 0 Å². The van der Waals surface area contributed by atoms with Crippen molar-refractivity contribution in [3.8, 4) is 0 Å². The molecule has 0 fully saturated rings. The molecule has 0 aliphatic heterocycles. The number of esters is 1. The van der Waals surface area contributed by atoms with Crippen LogP contribution in [0.1, 0.15) is 33.6 Å². The normalized spacial score (nSPS) is 10.9. The van der Waals surface area contributed by atoms with Gasteiger partial charge in [-0.1, -0.05) is 15.9 Å². The van der Waals surface area contributed by atoms with E-state index >= 15 is 0 Å². The number of ether oxygens (including phenoxy) is 1. The molecule has 0 aliphatic carbocycles. The number of carbonyl (C=O) groups is 2. The first-order valence-electron chi connectivity index (χ1n) is 5.00. The summed E-state index contributed by atoms with van der Waals surface area (Å²) in [5.41, 5.74) is 0. The molecule has 4 nitrogen and oxygen atoms in total. The summed E-state index contributed by atoms with van der Waals surface area (Å²) in [6, 6.07) is 0. The number of hydrogen-bond donors (Lipinski definition) is 1. The molecule has 0 aliphatic rings. The van der Waals surface area contributed by atoms with Crippen molar-refractivity contribution in [1.82, 2.24) is 5.32 Å². The monoisotopic (exact) mass is 279 g/mol. The molecule has 0 rings (SSSR count). The van der Waals surface area contributed by atoms with Crippen molar-refractivity contribution < 1.29 is 14.3 Å². The molecule has 0 radical (unpaired) electrons. The van der Waals surface area contributed by atoms with Crippen molar-refractivity contribution >= 4 is 27.8 Å². The molecule has 1 N–H and O–H groups in total. The first kappa shape index (κ1) is 14.4. The summed E-state index contributed by atoms with van der Waals surface area (Å²) >= 11 is 3.25. The highest BCUT2D eigenvalue weighted by molar-refractivity contribution is 9.10. The minimum Gasteiger partial charge on any atom is -0.466 e. The minimum atomic E-state index is -0.559. The van der Waals surface area contributed by atoms with Crippen molar-refractivity contribution in [2.75, 3.05) is 13.2 Å². The van der Waals surface area contributed by atoms with E-state index in [1.165, 1.54) is 0 Å². The molecule has 0 atom stereocenters. The molecule has 0 aromatic carbocycles. The average molecular weight is 280 g/mol. The molecule has 0 heterocycles. The van der Waals surface area contributed by atoms with Gasteiger partial charge >= 0.3 is 5.97 Å². The fourth-order valence-electron chi connectivity index (χ4n) is 0.878. The van der Waals surface area contributed by atoms with Gasteiger partial charge in [-0.3, -0.25) is 9.59 Å². The van der Waals surface area contributed by atoms with E-state index in [2.05, 4.69) is 21.2 Å². The molecule has 0 bridgehead atoms. The quantitative estimate of drug-likeness (QED) is 0.457. The van der Waals surface area contributed by atoms with Crippen molar-refractivity contribution in [3.63, 3.8) is 0 Å². The topological polar surface area (TPSA) is 55.4 Å². The number of carbonyl (C=O) groups excluding carboxylic acids is 2. The fraction of sp³-hybridized carbons (Fsp3) is 0.800. The lowest BCUT2D eigenvalue weighted by molar-refractivity contribution is -0.143. The van der Waals surface area contributed by atoms with Crippen LogP contribution in [-0.4, -0.2) is 29.4 Å². The van der Waals surface area contributed by atoms with E-state index < -0.39 is 4.32 Å². The molecule has 5 heteroatoms. The number of alkyl halides is 1. The van der Waals surface area contributed by atoms with Crippen LogP contribution in [0.5, 0.6) is 0 Å². The zero-order valence-corrected chi connectivity index (χ0v) is 11.0. The second-order valence-electron chi connectivity index (χ2n) is 3.64. The van der Waals surface area contributed by atoms with E-state index in [-0.39, 0.29) is 11.9 Å². The van der Waals surface area contributed by atoms with Crippen LogP contribution in [0.15, 0.2) is 0 Å². The van der Waals surface area contributed by atoms with Crippen molar-refractivity contribution in [1.29, 1.82) is 0 Å². The predicted octanol–water partition coefficient (Wildman–Crippen LogP) is 1.62. The molecule has 0 aromatic heterocycles. The Hall–Kier alpha value is -0.580. The third-order valence-electron chi connectivity index (χ3n) is 1.69. The fourth-order valence-corrected chi connectivity index (χ4v) is 1.02. The Morgan fingerprint density at radius 1 is 1.40 bits per heavy atom. The Labute approximate surface area is 98.9 Å². The highest BCUT2D eigenvalue weighted by Gasteiger charge is 2.22. The van der Waals surface area contributed by atoms with Crippen LogP contribution in [0.4, 0.5) is 0 Å². The Bertz CT molecular complexity index is 223. The van der Waals surface area contributed by atoms with Gasteiger partial charge in [0, 0.05) is 13.0 Å². The van der Waals surface area contributed by atoms with E-state index in [4.69, 9.17) is 4.74 Å². The van der Waals surface area contributed by atoms with E-state index in [1.807, 2.05) is 0 Å². The lowest BCUT2D eigenvalue weighted by atomic mass is 10.2. The molecule has 0 saturated heterocycles. The summed E-state index contributed by atoms with van der Waals surface area (Å²) in [6.45, 7) is 6.21. The van der Waals surface area contributed by atoms with Crippen molar-refractivity contribution in [2.45, 2.75) is 37.9 Å². The number of hydrogen-bond acceptors (Lipinski definition) is 3. The zero-order chi connectivity index (χ0) is 11.9. The van der Waals surface area contributed by atoms with Gasteiger partial charge in [-0.05, 0) is 27.2 Å². The minimum absolute atomic E-state index is 0.0774. The standard InChI is InChI=1S/C10H18BrNO3/c1-4-15-8(13)6-5-7-12-9(14)10(2,3)11/h4-7H2,1-3H3,(H,12,14). The lowest BCUT2D eigenvalue weighted by Gasteiger charge is -2.15. The molecular formula is C10H18BrNO3. The summed E-state index contributed by atoms with van der Waals surface area (Å²) in [7, 11) is 0. The van der Waals surface area contributed by atoms with E-state index in [0.717, 1.165) is 0 Å². The predicted molar refractivity (Wildman–Crippen MR) is 61.9 cm³/mol. The third-order valence-corrected chi connectivity index (χ3v) is 2.05. The number of halogens is 1. The highest BCUT2D eigenvalue weighted by atomic mass is 79.9. The van der Waals surface area contributed by atoms with Gasteiger partial charge in [0.25, 0.3) is 0 Å². The van der Waals surface area contributed by atoms with Crippen LogP contribution in [0.3, 0.4) is 0 Å². The second-order valence-corrected chi connectivity index (χ2v) is 5.62. The number of nitrogens with one attached hydrogen (secondary N) is 1. The Morgan fingerprint density at radius 3 is 2.47 bits per heavy atom. The molecule has 0 spiro atoms. The first-order valence-corrected chi connectivity index (χ1v) is 5.80. The summed E-state index contributed by atoms with van der Waals surface area (Å²) in [6.07, 6.45) is 0.949. The molecule has 15 heavy (non-hydrogen) atoms. The van der Waals surface area contributed by atoms with Crippen LogP contribution in [-0.2, 0) is 14.3 Å². The molecule has 0 saturated carbocycles. The number of rotatable bonds is 6. The highest BCUT2D eigenvalue weighted by Crippen LogP contribution is 2.15. The van der Waals surface area contributed by atoms with Gasteiger partial charge in [-0.15, -0.1) is 0 Å². The van der Waals surface area contributed by atoms with E-state index in [0.29, 0.717) is 26.0 Å². The molecule has 0 unspecified atom stereocenters. The first-order chi connectivity index (χ1) is 6.88. The van der Waals surface area contributed by atoms with Crippen LogP contribution < -0.4 is 5.32 Å². The van der Waals surface area contributed by atoms with Gasteiger partial charge in [0.05, 0.1) is 10.9 Å². The van der Waals surface area contributed by atoms with Gasteiger partial charge in [0.1, 0.15) is 0 Å². The van der Waals surface area contributed by atoms with Crippen LogP contribution in [0, 0.1) is 0 Å². The van der Waals surface area contributed by atoms with Crippen molar-refractivity contribution in [3.05, 3.63) is 0 Å². The molecule has 88 valence electrons. The number of amides is 1. The Balaban J connectivity index is 3.55. The lowest BCUT2D eigenvalue weighted by Crippen LogP contribution is -2.38. The largest absolute Gasteiger partial charge is 0.466 e. The van der Waals surface area contributed by atoms with Crippen LogP contribution in [0.25, 0.3) is 0 Å². The van der Waals surface area contributed by atoms with Gasteiger partial charge in [-0.25, -0.2) is 0 Å². The molecule has 0 aromatic rings. The maximum Gasteiger partial charge on any atom is 0.305 e. The molecule has 1 amide bonds. The Morgan fingerprint density at radius 2 is 2.00 bits per heavy atom. The van der Waals surface area contributed by atoms with Crippen LogP contribution in [0.2, 0.25) is 0 Å². The third kappa shape index (κ3) is 7.36. The average Bonchev–Trinajstić information content (AvgIpc) is 2.11. The van der Waals surface area contributed by atoms with Gasteiger partial charge in [-0.2, -0.15) is 0 Å². The maximum absolute atomic E-state index is 11.4. The van der Waals surface area contributed by atoms with Crippen LogP contribution >= 0.6 is 15.9 Å². The van der Waals surface area contributed by atoms with Gasteiger partial charge in [0.2, 0.25) is 5.91 Å². The van der Waals surface area contributed by atoms with Gasteiger partial charge < -0.3 is 10.1 Å². The van der Waals surface area contributed by atoms with Crippen molar-refractivity contribution in [2.24, 2.45) is 0 Å². The van der Waals surface area contributed by atoms with E-state index in [1.54, 1.807) is 20.8 Å². The summed E-state index contributed by atoms with van der Waals surface area (Å²) in [5.74, 6) is -0.295. The molecular weight excluding hydrogens is 262 g/mol. The second kappa shape index (κ2) is 6.82. The SMILES string of the molecule is CCOC(=O)CCCNC(=O)C(C)(C)Br. The maximum atomic E-state index is 11.4. The summed E-state index contributed by atoms with van der Waals surface area (Å²) < 4.78 is 4.20. The van der Waals surface area contributed by atoms with E-state index in [9.17, 15) is 9.59 Å². The summed E-state index contributed by atoms with van der Waals surface area (Å²) in [4.78, 5) is 22.3. The zero-order valence-electron chi connectivity index (χ0n) is 9.43. The summed E-state index contributed by atoms with van der Waals surface area (Å²) in [5, 5.41) is 2.73. The smallest absolute Gasteiger partial charge is 0.305 e. The Kier molecular flexibility index (Phi) is 6.56.